The Hall–Kier alpha value is -4.25. The standard InChI is InChI=1S/C27H17BN4/c28-20-15-16-24-22(17-20)21-13-7-8-14-23(21)32(24)27-30-25(18-9-3-1-4-10-18)29-26(31-27)19-11-5-2-6-12-19/h1-17H. The molecule has 0 bridgehead atoms. The first-order valence-corrected chi connectivity index (χ1v) is 10.4. The molecule has 4 nitrogen and oxygen atoms in total. The normalized spacial score (nSPS) is 11.2. The molecule has 0 N–H and O–H groups in total. The summed E-state index contributed by atoms with van der Waals surface area (Å²) in [5, 5.41) is 2.18. The summed E-state index contributed by atoms with van der Waals surface area (Å²) in [6, 6.07) is 34.2. The van der Waals surface area contributed by atoms with E-state index >= 15 is 0 Å². The van der Waals surface area contributed by atoms with E-state index in [-0.39, 0.29) is 0 Å². The van der Waals surface area contributed by atoms with E-state index in [4.69, 9.17) is 22.8 Å². The highest BCUT2D eigenvalue weighted by atomic mass is 15.2. The zero-order valence-corrected chi connectivity index (χ0v) is 17.2. The van der Waals surface area contributed by atoms with Crippen molar-refractivity contribution in [1.82, 2.24) is 19.5 Å². The van der Waals surface area contributed by atoms with Gasteiger partial charge in [-0.05, 0) is 12.1 Å². The Kier molecular flexibility index (Phi) is 4.32. The first kappa shape index (κ1) is 18.5. The van der Waals surface area contributed by atoms with Crippen LogP contribution in [0, 0.1) is 0 Å². The van der Waals surface area contributed by atoms with Crippen LogP contribution in [0.3, 0.4) is 0 Å². The number of hydrogen-bond donors (Lipinski definition) is 0. The summed E-state index contributed by atoms with van der Waals surface area (Å²) in [4.78, 5) is 14.6. The van der Waals surface area contributed by atoms with Crippen molar-refractivity contribution in [2.75, 3.05) is 0 Å². The third-order valence-corrected chi connectivity index (χ3v) is 5.58. The first-order chi connectivity index (χ1) is 15.8. The molecule has 6 aromatic rings. The van der Waals surface area contributed by atoms with E-state index in [2.05, 4.69) is 16.7 Å². The summed E-state index contributed by atoms with van der Waals surface area (Å²) in [6.45, 7) is 0. The molecule has 0 fully saturated rings. The van der Waals surface area contributed by atoms with Crippen LogP contribution < -0.4 is 5.46 Å². The highest BCUT2D eigenvalue weighted by Crippen LogP contribution is 2.31. The number of para-hydroxylation sites is 1. The molecular formula is C27H17BN4. The molecule has 0 spiro atoms. The highest BCUT2D eigenvalue weighted by Gasteiger charge is 2.17. The Morgan fingerprint density at radius 3 is 1.75 bits per heavy atom. The van der Waals surface area contributed by atoms with Crippen molar-refractivity contribution in [2.45, 2.75) is 0 Å². The quantitative estimate of drug-likeness (QED) is 0.383. The van der Waals surface area contributed by atoms with Gasteiger partial charge in [0.1, 0.15) is 7.85 Å². The predicted octanol–water partition coefficient (Wildman–Crippen LogP) is 5.10. The van der Waals surface area contributed by atoms with Gasteiger partial charge in [0, 0.05) is 21.9 Å². The summed E-state index contributed by atoms with van der Waals surface area (Å²) in [5.74, 6) is 1.85. The molecule has 0 amide bonds. The van der Waals surface area contributed by atoms with Crippen molar-refractivity contribution in [3.63, 3.8) is 0 Å². The maximum atomic E-state index is 6.11. The predicted molar refractivity (Wildman–Crippen MR) is 130 cm³/mol. The molecule has 0 aliphatic carbocycles. The van der Waals surface area contributed by atoms with Gasteiger partial charge in [-0.3, -0.25) is 4.57 Å². The number of benzene rings is 4. The molecule has 148 valence electrons. The molecule has 0 unspecified atom stereocenters. The Labute approximate surface area is 186 Å². The van der Waals surface area contributed by atoms with E-state index < -0.39 is 0 Å². The number of fused-ring (bicyclic) bond motifs is 3. The van der Waals surface area contributed by atoms with Crippen LogP contribution in [0.15, 0.2) is 103 Å². The van der Waals surface area contributed by atoms with Gasteiger partial charge in [-0.15, -0.1) is 0 Å². The Bertz CT molecular complexity index is 1520. The van der Waals surface area contributed by atoms with E-state index in [1.54, 1.807) is 0 Å². The third kappa shape index (κ3) is 3.07. The van der Waals surface area contributed by atoms with Gasteiger partial charge in [-0.1, -0.05) is 96.5 Å². The molecule has 6 rings (SSSR count). The number of aromatic nitrogens is 4. The zero-order chi connectivity index (χ0) is 21.5. The summed E-state index contributed by atoms with van der Waals surface area (Å²) in [7, 11) is 6.11. The topological polar surface area (TPSA) is 43.6 Å². The molecule has 0 aliphatic rings. The van der Waals surface area contributed by atoms with Gasteiger partial charge in [-0.2, -0.15) is 9.97 Å². The van der Waals surface area contributed by atoms with E-state index in [9.17, 15) is 0 Å². The fraction of sp³-hybridized carbons (Fsp3) is 0. The average molecular weight is 408 g/mol. The van der Waals surface area contributed by atoms with E-state index in [0.29, 0.717) is 17.6 Å². The SMILES string of the molecule is [B]c1ccc2c(c1)c1ccccc1n2-c1nc(-c2ccccc2)nc(-c2ccccc2)n1. The molecule has 0 atom stereocenters. The van der Waals surface area contributed by atoms with Crippen molar-refractivity contribution in [3.8, 4) is 28.7 Å². The van der Waals surface area contributed by atoms with Crippen LogP contribution >= 0.6 is 0 Å². The van der Waals surface area contributed by atoms with Crippen molar-refractivity contribution < 1.29 is 0 Å². The van der Waals surface area contributed by atoms with Gasteiger partial charge in [-0.25, -0.2) is 4.98 Å². The Morgan fingerprint density at radius 1 is 0.531 bits per heavy atom. The molecule has 32 heavy (non-hydrogen) atoms. The van der Waals surface area contributed by atoms with Crippen LogP contribution in [0.4, 0.5) is 0 Å². The second-order valence-corrected chi connectivity index (χ2v) is 7.64. The van der Waals surface area contributed by atoms with Crippen molar-refractivity contribution in [2.24, 2.45) is 0 Å². The van der Waals surface area contributed by atoms with E-state index in [1.807, 2.05) is 91.0 Å². The van der Waals surface area contributed by atoms with Crippen LogP contribution in [-0.2, 0) is 0 Å². The summed E-state index contributed by atoms with van der Waals surface area (Å²) in [6.07, 6.45) is 0. The molecule has 0 saturated heterocycles. The second-order valence-electron chi connectivity index (χ2n) is 7.64. The minimum absolute atomic E-state index is 0.577. The van der Waals surface area contributed by atoms with Crippen molar-refractivity contribution >= 4 is 35.1 Å². The first-order valence-electron chi connectivity index (χ1n) is 10.4. The van der Waals surface area contributed by atoms with Crippen molar-refractivity contribution in [1.29, 1.82) is 0 Å². The van der Waals surface area contributed by atoms with Gasteiger partial charge in [0.15, 0.2) is 11.6 Å². The van der Waals surface area contributed by atoms with Crippen molar-refractivity contribution in [3.05, 3.63) is 103 Å². The molecule has 4 aromatic carbocycles. The minimum Gasteiger partial charge on any atom is -0.278 e. The maximum absolute atomic E-state index is 6.11. The molecule has 2 radical (unpaired) electrons. The van der Waals surface area contributed by atoms with Gasteiger partial charge < -0.3 is 0 Å². The summed E-state index contributed by atoms with van der Waals surface area (Å²) >= 11 is 0. The fourth-order valence-electron chi connectivity index (χ4n) is 4.10. The Balaban J connectivity index is 1.70. The lowest BCUT2D eigenvalue weighted by molar-refractivity contribution is 0.953. The lowest BCUT2D eigenvalue weighted by Gasteiger charge is -2.10. The molecular weight excluding hydrogens is 391 g/mol. The van der Waals surface area contributed by atoms with Gasteiger partial charge in [0.25, 0.3) is 0 Å². The van der Waals surface area contributed by atoms with Gasteiger partial charge in [0.05, 0.1) is 11.0 Å². The molecule has 5 heteroatoms. The van der Waals surface area contributed by atoms with Crippen LogP contribution in [0.2, 0.25) is 0 Å². The highest BCUT2D eigenvalue weighted by molar-refractivity contribution is 6.33. The number of hydrogen-bond acceptors (Lipinski definition) is 3. The third-order valence-electron chi connectivity index (χ3n) is 5.58. The molecule has 2 heterocycles. The van der Waals surface area contributed by atoms with Crippen LogP contribution in [0.1, 0.15) is 0 Å². The van der Waals surface area contributed by atoms with E-state index in [0.717, 1.165) is 38.4 Å². The maximum Gasteiger partial charge on any atom is 0.238 e. The van der Waals surface area contributed by atoms with Crippen LogP contribution in [0.25, 0.3) is 50.5 Å². The largest absolute Gasteiger partial charge is 0.278 e. The molecule has 0 saturated carbocycles. The monoisotopic (exact) mass is 408 g/mol. The number of nitrogens with zero attached hydrogens (tertiary/aromatic N) is 4. The van der Waals surface area contributed by atoms with Gasteiger partial charge in [0.2, 0.25) is 5.95 Å². The summed E-state index contributed by atoms with van der Waals surface area (Å²) in [5.41, 5.74) is 4.64. The molecule has 0 aliphatic heterocycles. The van der Waals surface area contributed by atoms with Crippen LogP contribution in [-0.4, -0.2) is 27.4 Å². The Morgan fingerprint density at radius 2 is 1.09 bits per heavy atom. The lowest BCUT2D eigenvalue weighted by Crippen LogP contribution is -2.07. The second kappa shape index (κ2) is 7.47. The molecule has 2 aromatic heterocycles. The fourth-order valence-corrected chi connectivity index (χ4v) is 4.10. The van der Waals surface area contributed by atoms with E-state index in [1.165, 1.54) is 0 Å². The lowest BCUT2D eigenvalue weighted by atomic mass is 9.94. The zero-order valence-electron chi connectivity index (χ0n) is 17.2. The average Bonchev–Trinajstić information content (AvgIpc) is 3.18. The number of rotatable bonds is 3. The van der Waals surface area contributed by atoms with Crippen LogP contribution in [0.5, 0.6) is 0 Å². The smallest absolute Gasteiger partial charge is 0.238 e. The minimum atomic E-state index is 0.577. The summed E-state index contributed by atoms with van der Waals surface area (Å²) < 4.78 is 2.09. The van der Waals surface area contributed by atoms with Gasteiger partial charge >= 0.3 is 0 Å².